The Labute approximate surface area is 155 Å². The molecule has 0 saturated carbocycles. The number of anilines is 1. The number of nitro benzene ring substituents is 1. The lowest BCUT2D eigenvalue weighted by Gasteiger charge is -2.34. The lowest BCUT2D eigenvalue weighted by molar-refractivity contribution is -0.384. The lowest BCUT2D eigenvalue weighted by Crippen LogP contribution is -2.37. The van der Waals surface area contributed by atoms with Gasteiger partial charge in [0.25, 0.3) is 5.69 Å². The molecule has 0 fully saturated rings. The Kier molecular flexibility index (Phi) is 8.68. The molecule has 0 heterocycles. The van der Waals surface area contributed by atoms with Gasteiger partial charge in [-0.15, -0.1) is 0 Å². The molecular weight excluding hydrogens is 443 g/mol. The summed E-state index contributed by atoms with van der Waals surface area (Å²) in [6, 6.07) is 4.86. The maximum absolute atomic E-state index is 10.8. The number of non-ortho nitro benzene ring substituents is 1. The molecule has 0 saturated heterocycles. The predicted molar refractivity (Wildman–Crippen MR) is 107 cm³/mol. The van der Waals surface area contributed by atoms with Gasteiger partial charge in [0.2, 0.25) is 0 Å². The fraction of sp³-hybridized carbons (Fsp3) is 0.571. The average molecular weight is 468 g/mol. The summed E-state index contributed by atoms with van der Waals surface area (Å²) in [5.74, 6) is 0. The van der Waals surface area contributed by atoms with Crippen molar-refractivity contribution >= 4 is 53.5 Å². The van der Waals surface area contributed by atoms with Crippen molar-refractivity contribution in [1.29, 1.82) is 0 Å². The van der Waals surface area contributed by atoms with E-state index in [1.54, 1.807) is 12.1 Å². The summed E-state index contributed by atoms with van der Waals surface area (Å²) in [5.41, 5.74) is 0.966. The van der Waals surface area contributed by atoms with Crippen LogP contribution in [0, 0.1) is 19.1 Å². The third-order valence-corrected chi connectivity index (χ3v) is 5.69. The van der Waals surface area contributed by atoms with Gasteiger partial charge in [0.05, 0.1) is 4.92 Å². The molecule has 0 atom stereocenters. The van der Waals surface area contributed by atoms with E-state index in [1.807, 2.05) is 0 Å². The molecule has 23 heavy (non-hydrogen) atoms. The number of rotatable bonds is 10. The molecule has 1 rings (SSSR count). The van der Waals surface area contributed by atoms with Crippen molar-refractivity contribution in [3.05, 3.63) is 31.9 Å². The summed E-state index contributed by atoms with van der Waals surface area (Å²) in [6.45, 7) is 9.31. The maximum atomic E-state index is 10.8. The summed E-state index contributed by atoms with van der Waals surface area (Å²) >= 11 is 2.11. The predicted octanol–water partition coefficient (Wildman–Crippen LogP) is 2.65. The van der Waals surface area contributed by atoms with Gasteiger partial charge in [0, 0.05) is 33.4 Å². The van der Waals surface area contributed by atoms with Crippen molar-refractivity contribution in [2.75, 3.05) is 11.9 Å². The summed E-state index contributed by atoms with van der Waals surface area (Å²) < 4.78 is 12.6. The topological polar surface area (TPSA) is 73.6 Å². The summed E-state index contributed by atoms with van der Waals surface area (Å²) in [7, 11) is -1.03. The minimum absolute atomic E-state index is 0.0643. The van der Waals surface area contributed by atoms with Gasteiger partial charge >= 0.3 is 0 Å². The van der Waals surface area contributed by atoms with E-state index >= 15 is 0 Å². The van der Waals surface area contributed by atoms with E-state index < -0.39 is 19.5 Å². The Morgan fingerprint density at radius 1 is 1.35 bits per heavy atom. The van der Waals surface area contributed by atoms with E-state index in [9.17, 15) is 10.1 Å². The number of nitrogens with one attached hydrogen (secondary N) is 1. The molecule has 0 spiro atoms. The molecule has 0 aliphatic carbocycles. The molecule has 0 radical (unpaired) electrons. The molecule has 0 bridgehead atoms. The van der Waals surface area contributed by atoms with Crippen molar-refractivity contribution in [1.82, 2.24) is 0 Å². The van der Waals surface area contributed by atoms with Gasteiger partial charge in [0.1, 0.15) is 6.29 Å². The monoisotopic (exact) mass is 468 g/mol. The Balaban J connectivity index is 2.62. The van der Waals surface area contributed by atoms with Crippen LogP contribution < -0.4 is 5.32 Å². The van der Waals surface area contributed by atoms with Gasteiger partial charge in [-0.3, -0.25) is 10.1 Å². The summed E-state index contributed by atoms with van der Waals surface area (Å²) in [6.07, 6.45) is 0.779. The molecule has 0 amide bonds. The van der Waals surface area contributed by atoms with Crippen LogP contribution in [0.25, 0.3) is 0 Å². The van der Waals surface area contributed by atoms with Crippen LogP contribution in [0.4, 0.5) is 11.4 Å². The highest BCUT2D eigenvalue weighted by Crippen LogP contribution is 2.29. The zero-order valence-electron chi connectivity index (χ0n) is 14.1. The maximum Gasteiger partial charge on any atom is 0.270 e. The van der Waals surface area contributed by atoms with E-state index in [1.165, 1.54) is 6.07 Å². The number of halogens is 1. The average Bonchev–Trinajstić information content (AvgIpc) is 2.48. The Morgan fingerprint density at radius 2 is 1.96 bits per heavy atom. The first-order chi connectivity index (χ1) is 10.8. The number of hydrogen-bond donors (Lipinski definition) is 1. The zero-order chi connectivity index (χ0) is 17.5. The van der Waals surface area contributed by atoms with Crippen molar-refractivity contribution < 1.29 is 13.8 Å². The van der Waals surface area contributed by atoms with Crippen molar-refractivity contribution in [3.63, 3.8) is 0 Å². The molecule has 6 nitrogen and oxygen atoms in total. The Morgan fingerprint density at radius 3 is 2.43 bits per heavy atom. The largest absolute Gasteiger partial charge is 0.400 e. The fourth-order valence-electron chi connectivity index (χ4n) is 2.20. The van der Waals surface area contributed by atoms with Crippen molar-refractivity contribution in [2.45, 2.75) is 39.7 Å². The molecule has 130 valence electrons. The van der Waals surface area contributed by atoms with Crippen molar-refractivity contribution in [3.8, 4) is 0 Å². The molecule has 1 aromatic carbocycles. The van der Waals surface area contributed by atoms with Crippen molar-refractivity contribution in [2.24, 2.45) is 5.41 Å². The Bertz CT molecular complexity index is 525. The van der Waals surface area contributed by atoms with Gasteiger partial charge in [-0.1, -0.05) is 26.9 Å². The SMILES string of the molecule is C[SiH2]OC(O[SiH2]C)C(C)(C)CCNc1ccc([N+](=O)[O-])cc1I. The van der Waals surface area contributed by atoms with E-state index in [0.717, 1.165) is 22.2 Å². The number of benzene rings is 1. The first-order valence-corrected chi connectivity index (χ1v) is 12.8. The molecule has 0 unspecified atom stereocenters. The molecule has 0 aromatic heterocycles. The third kappa shape index (κ3) is 6.49. The number of nitro groups is 1. The van der Waals surface area contributed by atoms with Crippen LogP contribution in [0.1, 0.15) is 20.3 Å². The first kappa shape index (κ1) is 20.5. The van der Waals surface area contributed by atoms with E-state index in [2.05, 4.69) is 54.8 Å². The third-order valence-electron chi connectivity index (χ3n) is 3.52. The van der Waals surface area contributed by atoms with Gasteiger partial charge in [-0.25, -0.2) is 0 Å². The van der Waals surface area contributed by atoms with Gasteiger partial charge in [0.15, 0.2) is 19.5 Å². The van der Waals surface area contributed by atoms with Gasteiger partial charge in [-0.05, 0) is 35.1 Å². The minimum atomic E-state index is -0.515. The van der Waals surface area contributed by atoms with Crippen LogP contribution in [0.2, 0.25) is 13.1 Å². The molecule has 1 N–H and O–H groups in total. The standard InChI is InChI=1S/C14H25IN2O4Si2/c1-14(2,13(20-22-3)21-23-4)7-8-16-12-6-5-10(17(18)19)9-11(12)15/h5-6,9,13,16H,7-8,22-23H2,1-4H3. The summed E-state index contributed by atoms with van der Waals surface area (Å²) in [5, 5.41) is 14.1. The van der Waals surface area contributed by atoms with Gasteiger partial charge < -0.3 is 14.2 Å². The summed E-state index contributed by atoms with van der Waals surface area (Å²) in [4.78, 5) is 10.4. The smallest absolute Gasteiger partial charge is 0.270 e. The highest BCUT2D eigenvalue weighted by molar-refractivity contribution is 14.1. The Hall–Kier alpha value is -0.496. The molecule has 0 aliphatic heterocycles. The lowest BCUT2D eigenvalue weighted by atomic mass is 9.88. The molecular formula is C14H25IN2O4Si2. The molecule has 9 heteroatoms. The highest BCUT2D eigenvalue weighted by atomic mass is 127. The van der Waals surface area contributed by atoms with E-state index in [0.29, 0.717) is 0 Å². The number of hydrogen-bond acceptors (Lipinski definition) is 5. The second-order valence-electron chi connectivity index (χ2n) is 5.83. The van der Waals surface area contributed by atoms with Gasteiger partial charge in [-0.2, -0.15) is 0 Å². The molecule has 1 aromatic rings. The molecule has 0 aliphatic rings. The number of nitrogens with zero attached hydrogens (tertiary/aromatic N) is 1. The van der Waals surface area contributed by atoms with Crippen LogP contribution in [0.3, 0.4) is 0 Å². The zero-order valence-corrected chi connectivity index (χ0v) is 19.1. The van der Waals surface area contributed by atoms with Crippen LogP contribution >= 0.6 is 22.6 Å². The van der Waals surface area contributed by atoms with E-state index in [-0.39, 0.29) is 22.3 Å². The normalized spacial score (nSPS) is 14.0. The van der Waals surface area contributed by atoms with Crippen LogP contribution in [-0.2, 0) is 8.85 Å². The quantitative estimate of drug-likeness (QED) is 0.188. The second kappa shape index (κ2) is 9.72. The highest BCUT2D eigenvalue weighted by Gasteiger charge is 2.29. The fourth-order valence-corrected chi connectivity index (χ4v) is 4.78. The van der Waals surface area contributed by atoms with Crippen LogP contribution in [0.5, 0.6) is 0 Å². The second-order valence-corrected chi connectivity index (χ2v) is 8.81. The van der Waals surface area contributed by atoms with E-state index in [4.69, 9.17) is 8.85 Å². The first-order valence-electron chi connectivity index (χ1n) is 7.72. The van der Waals surface area contributed by atoms with Crippen LogP contribution in [-0.4, -0.2) is 37.3 Å². The van der Waals surface area contributed by atoms with Crippen LogP contribution in [0.15, 0.2) is 18.2 Å². The minimum Gasteiger partial charge on any atom is -0.400 e.